The van der Waals surface area contributed by atoms with Crippen LogP contribution in [0.3, 0.4) is 0 Å². The Hall–Kier alpha value is -1.18. The van der Waals surface area contributed by atoms with Gasteiger partial charge in [-0.2, -0.15) is 13.8 Å². The van der Waals surface area contributed by atoms with Crippen molar-refractivity contribution in [2.45, 2.75) is 37.1 Å². The lowest BCUT2D eigenvalue weighted by Gasteiger charge is -2.34. The quantitative estimate of drug-likeness (QED) is 0.816. The highest BCUT2D eigenvalue weighted by molar-refractivity contribution is 5.10. The summed E-state index contributed by atoms with van der Waals surface area (Å²) in [4.78, 5) is 3.26. The van der Waals surface area contributed by atoms with Crippen LogP contribution in [0.25, 0.3) is 0 Å². The van der Waals surface area contributed by atoms with Crippen molar-refractivity contribution in [2.75, 3.05) is 0 Å². The van der Waals surface area contributed by atoms with E-state index in [9.17, 15) is 17.6 Å². The number of hydrogen-bond acceptors (Lipinski definition) is 4. The van der Waals surface area contributed by atoms with Gasteiger partial charge in [-0.15, -0.1) is 0 Å². The van der Waals surface area contributed by atoms with Crippen molar-refractivity contribution in [3.63, 3.8) is 0 Å². The van der Waals surface area contributed by atoms with E-state index in [1.54, 1.807) is 0 Å². The van der Waals surface area contributed by atoms with E-state index in [-0.39, 0.29) is 5.82 Å². The molecule has 1 aromatic rings. The van der Waals surface area contributed by atoms with E-state index < -0.39 is 23.8 Å². The van der Waals surface area contributed by atoms with Crippen molar-refractivity contribution in [1.29, 1.82) is 0 Å². The van der Waals surface area contributed by atoms with Crippen molar-refractivity contribution in [3.05, 3.63) is 11.7 Å². The number of hydrogen-bond donors (Lipinski definition) is 1. The van der Waals surface area contributed by atoms with Gasteiger partial charge in [0.2, 0.25) is 0 Å². The largest absolute Gasteiger partial charge is 0.383 e. The second-order valence-electron chi connectivity index (χ2n) is 3.86. The van der Waals surface area contributed by atoms with Gasteiger partial charge >= 0.3 is 18.2 Å². The molecule has 1 fully saturated rings. The van der Waals surface area contributed by atoms with Gasteiger partial charge < -0.3 is 10.3 Å². The van der Waals surface area contributed by atoms with Gasteiger partial charge in [0, 0.05) is 0 Å². The summed E-state index contributed by atoms with van der Waals surface area (Å²) < 4.78 is 53.8. The molecular formula is C8H9F4N3O. The van der Waals surface area contributed by atoms with Crippen LogP contribution in [0.5, 0.6) is 0 Å². The fraction of sp³-hybridized carbons (Fsp3) is 0.750. The number of halogens is 4. The number of aromatic nitrogens is 2. The van der Waals surface area contributed by atoms with E-state index >= 15 is 0 Å². The molecule has 90 valence electrons. The van der Waals surface area contributed by atoms with Crippen LogP contribution >= 0.6 is 0 Å². The molecule has 0 spiro atoms. The molecule has 0 saturated heterocycles. The zero-order chi connectivity index (χ0) is 12.0. The molecule has 2 N–H and O–H groups in total. The monoisotopic (exact) mass is 239 g/mol. The summed E-state index contributed by atoms with van der Waals surface area (Å²) in [5.74, 6) is -5.94. The summed E-state index contributed by atoms with van der Waals surface area (Å²) in [6.07, 6.45) is -1.99. The predicted octanol–water partition coefficient (Wildman–Crippen LogP) is 1.76. The Morgan fingerprint density at radius 3 is 2.44 bits per heavy atom. The normalized spacial score (nSPS) is 19.9. The van der Waals surface area contributed by atoms with Crippen LogP contribution in [-0.2, 0) is 11.5 Å². The van der Waals surface area contributed by atoms with Crippen LogP contribution in [0.15, 0.2) is 4.52 Å². The van der Waals surface area contributed by atoms with Gasteiger partial charge in [0.15, 0.2) is 5.82 Å². The third-order valence-corrected chi connectivity index (χ3v) is 2.68. The predicted molar refractivity (Wildman–Crippen MR) is 43.9 cm³/mol. The molecule has 4 nitrogen and oxygen atoms in total. The first-order chi connectivity index (χ1) is 7.36. The van der Waals surface area contributed by atoms with Crippen LogP contribution < -0.4 is 5.73 Å². The van der Waals surface area contributed by atoms with Gasteiger partial charge in [0.1, 0.15) is 0 Å². The molecule has 1 aliphatic rings. The van der Waals surface area contributed by atoms with Crippen molar-refractivity contribution < 1.29 is 22.1 Å². The summed E-state index contributed by atoms with van der Waals surface area (Å²) >= 11 is 0. The molecule has 0 aliphatic heterocycles. The summed E-state index contributed by atoms with van der Waals surface area (Å²) in [6.45, 7) is 0. The highest BCUT2D eigenvalue weighted by Gasteiger charge is 2.50. The fourth-order valence-corrected chi connectivity index (χ4v) is 1.44. The molecular weight excluding hydrogens is 230 g/mol. The molecule has 0 bridgehead atoms. The molecule has 0 radical (unpaired) electrons. The van der Waals surface area contributed by atoms with Gasteiger partial charge in [-0.3, -0.25) is 0 Å². The maximum Gasteiger partial charge on any atom is 0.383 e. The van der Waals surface area contributed by atoms with E-state index in [1.165, 1.54) is 0 Å². The van der Waals surface area contributed by atoms with E-state index in [4.69, 9.17) is 5.73 Å². The van der Waals surface area contributed by atoms with E-state index in [1.807, 2.05) is 0 Å². The minimum atomic E-state index is -4.43. The van der Waals surface area contributed by atoms with Crippen molar-refractivity contribution in [3.8, 4) is 0 Å². The average Bonchev–Trinajstić information content (AvgIpc) is 2.63. The first kappa shape index (κ1) is 11.3. The topological polar surface area (TPSA) is 64.9 Å². The summed E-state index contributed by atoms with van der Waals surface area (Å²) in [5, 5.41) is 3.23. The van der Waals surface area contributed by atoms with Crippen molar-refractivity contribution in [2.24, 2.45) is 5.73 Å². The Morgan fingerprint density at radius 2 is 2.00 bits per heavy atom. The minimum absolute atomic E-state index is 0.130. The Kier molecular flexibility index (Phi) is 2.41. The SMILES string of the molecule is NC1(c2noc(C(F)(F)C(F)F)n2)CCC1. The van der Waals surface area contributed by atoms with E-state index in [2.05, 4.69) is 14.7 Å². The first-order valence-electron chi connectivity index (χ1n) is 4.66. The number of alkyl halides is 4. The van der Waals surface area contributed by atoms with Crippen LogP contribution in [0.1, 0.15) is 31.0 Å². The molecule has 16 heavy (non-hydrogen) atoms. The van der Waals surface area contributed by atoms with Crippen LogP contribution in [0.4, 0.5) is 17.6 Å². The molecule has 1 aliphatic carbocycles. The maximum absolute atomic E-state index is 12.8. The number of nitrogens with zero attached hydrogens (tertiary/aromatic N) is 2. The smallest absolute Gasteiger partial charge is 0.332 e. The molecule has 1 aromatic heterocycles. The first-order valence-corrected chi connectivity index (χ1v) is 4.66. The lowest BCUT2D eigenvalue weighted by atomic mass is 9.77. The molecule has 2 rings (SSSR count). The summed E-state index contributed by atoms with van der Waals surface area (Å²) in [7, 11) is 0. The molecule has 0 atom stereocenters. The lowest BCUT2D eigenvalue weighted by Crippen LogP contribution is -2.44. The Morgan fingerprint density at radius 1 is 1.38 bits per heavy atom. The second kappa shape index (κ2) is 3.41. The molecule has 1 saturated carbocycles. The minimum Gasteiger partial charge on any atom is -0.332 e. The number of nitrogens with two attached hydrogens (primary N) is 1. The van der Waals surface area contributed by atoms with Crippen LogP contribution in [0, 0.1) is 0 Å². The maximum atomic E-state index is 12.8. The molecule has 0 aromatic carbocycles. The summed E-state index contributed by atoms with van der Waals surface area (Å²) in [5.41, 5.74) is 4.84. The third kappa shape index (κ3) is 1.57. The number of rotatable bonds is 3. The molecule has 1 heterocycles. The van der Waals surface area contributed by atoms with Gasteiger partial charge in [0.25, 0.3) is 0 Å². The zero-order valence-corrected chi connectivity index (χ0v) is 8.09. The fourth-order valence-electron chi connectivity index (χ4n) is 1.44. The van der Waals surface area contributed by atoms with Crippen LogP contribution in [0.2, 0.25) is 0 Å². The van der Waals surface area contributed by atoms with E-state index in [0.717, 1.165) is 6.42 Å². The lowest BCUT2D eigenvalue weighted by molar-refractivity contribution is -0.152. The van der Waals surface area contributed by atoms with Crippen molar-refractivity contribution in [1.82, 2.24) is 10.1 Å². The Labute approximate surface area is 87.8 Å². The van der Waals surface area contributed by atoms with E-state index in [0.29, 0.717) is 12.8 Å². The van der Waals surface area contributed by atoms with Gasteiger partial charge in [-0.1, -0.05) is 5.16 Å². The molecule has 8 heteroatoms. The van der Waals surface area contributed by atoms with Gasteiger partial charge in [0.05, 0.1) is 5.54 Å². The highest BCUT2D eigenvalue weighted by atomic mass is 19.3. The molecule has 0 unspecified atom stereocenters. The van der Waals surface area contributed by atoms with Gasteiger partial charge in [-0.05, 0) is 19.3 Å². The molecule has 0 amide bonds. The van der Waals surface area contributed by atoms with Crippen LogP contribution in [-0.4, -0.2) is 16.6 Å². The van der Waals surface area contributed by atoms with Crippen molar-refractivity contribution >= 4 is 0 Å². The second-order valence-corrected chi connectivity index (χ2v) is 3.86. The average molecular weight is 239 g/mol. The summed E-state index contributed by atoms with van der Waals surface area (Å²) in [6, 6.07) is 0. The Bertz CT molecular complexity index is 388. The third-order valence-electron chi connectivity index (χ3n) is 2.68. The zero-order valence-electron chi connectivity index (χ0n) is 8.09. The highest BCUT2D eigenvalue weighted by Crippen LogP contribution is 2.39. The Balaban J connectivity index is 2.26. The standard InChI is InChI=1S/C8H9F4N3O/c9-4(10)8(11,12)6-14-5(15-16-6)7(13)2-1-3-7/h4H,1-3,13H2. The van der Waals surface area contributed by atoms with Gasteiger partial charge in [-0.25, -0.2) is 8.78 Å².